The summed E-state index contributed by atoms with van der Waals surface area (Å²) in [7, 11) is -3.18. The van der Waals surface area contributed by atoms with Crippen molar-refractivity contribution in [3.8, 4) is 0 Å². The fourth-order valence-electron chi connectivity index (χ4n) is 2.08. The van der Waals surface area contributed by atoms with Gasteiger partial charge in [0.05, 0.1) is 11.0 Å². The van der Waals surface area contributed by atoms with Crippen LogP contribution in [0.1, 0.15) is 55.4 Å². The standard InChI is InChI=1S/C17H23N3O3S/c1-11(2)15-9-16(20-19-15)17(21)18-14-7-5-6-13(8-14)10-24(22,23)12(3)4/h5-9,11-12H,10H2,1-4H3,(H,18,21)(H,19,20). The number of carbonyl (C=O) groups excluding carboxylic acids is 1. The van der Waals surface area contributed by atoms with Gasteiger partial charge in [0.25, 0.3) is 5.91 Å². The molecule has 1 amide bonds. The normalized spacial score (nSPS) is 11.9. The smallest absolute Gasteiger partial charge is 0.276 e. The topological polar surface area (TPSA) is 91.9 Å². The number of hydrogen-bond acceptors (Lipinski definition) is 4. The predicted molar refractivity (Wildman–Crippen MR) is 94.8 cm³/mol. The van der Waals surface area contributed by atoms with Crippen LogP contribution < -0.4 is 5.32 Å². The number of sulfone groups is 1. The van der Waals surface area contributed by atoms with Crippen LogP contribution in [-0.4, -0.2) is 29.8 Å². The molecule has 2 rings (SSSR count). The number of amides is 1. The number of nitrogens with zero attached hydrogens (tertiary/aromatic N) is 1. The first-order valence-corrected chi connectivity index (χ1v) is 9.57. The van der Waals surface area contributed by atoms with E-state index < -0.39 is 15.1 Å². The van der Waals surface area contributed by atoms with E-state index in [4.69, 9.17) is 0 Å². The summed E-state index contributed by atoms with van der Waals surface area (Å²) in [4.78, 5) is 12.2. The molecule has 0 bridgehead atoms. The van der Waals surface area contributed by atoms with Gasteiger partial charge in [-0.15, -0.1) is 0 Å². The van der Waals surface area contributed by atoms with Gasteiger partial charge in [0.2, 0.25) is 0 Å². The summed E-state index contributed by atoms with van der Waals surface area (Å²) in [5, 5.41) is 9.16. The molecule has 0 fully saturated rings. The van der Waals surface area contributed by atoms with Crippen LogP contribution in [0.2, 0.25) is 0 Å². The zero-order valence-electron chi connectivity index (χ0n) is 14.3. The second kappa shape index (κ2) is 7.17. The van der Waals surface area contributed by atoms with Crippen LogP contribution in [0.5, 0.6) is 0 Å². The monoisotopic (exact) mass is 349 g/mol. The van der Waals surface area contributed by atoms with E-state index in [1.807, 2.05) is 13.8 Å². The predicted octanol–water partition coefficient (Wildman–Crippen LogP) is 3.11. The largest absolute Gasteiger partial charge is 0.321 e. The third-order valence-electron chi connectivity index (χ3n) is 3.72. The zero-order chi connectivity index (χ0) is 17.9. The van der Waals surface area contributed by atoms with Crippen LogP contribution in [0.3, 0.4) is 0 Å². The maximum absolute atomic E-state index is 12.2. The summed E-state index contributed by atoms with van der Waals surface area (Å²) < 4.78 is 24.0. The highest BCUT2D eigenvalue weighted by Crippen LogP contribution is 2.17. The molecule has 24 heavy (non-hydrogen) atoms. The Labute approximate surface area is 142 Å². The first-order chi connectivity index (χ1) is 11.2. The summed E-state index contributed by atoms with van der Waals surface area (Å²) >= 11 is 0. The van der Waals surface area contributed by atoms with Crippen LogP contribution in [0.4, 0.5) is 5.69 Å². The third kappa shape index (κ3) is 4.44. The number of H-pyrrole nitrogens is 1. The average Bonchev–Trinajstić information content (AvgIpc) is 2.97. The maximum atomic E-state index is 12.2. The molecule has 0 atom stereocenters. The number of hydrogen-bond donors (Lipinski definition) is 2. The van der Waals surface area contributed by atoms with Gasteiger partial charge in [-0.1, -0.05) is 26.0 Å². The molecule has 2 aromatic rings. The van der Waals surface area contributed by atoms with Gasteiger partial charge in [-0.05, 0) is 43.5 Å². The van der Waals surface area contributed by atoms with Crippen LogP contribution in [0, 0.1) is 0 Å². The van der Waals surface area contributed by atoms with Gasteiger partial charge in [-0.2, -0.15) is 5.10 Å². The Morgan fingerprint density at radius 2 is 1.92 bits per heavy atom. The number of anilines is 1. The zero-order valence-corrected chi connectivity index (χ0v) is 15.1. The first-order valence-electron chi connectivity index (χ1n) is 7.86. The SMILES string of the molecule is CC(C)c1cc(C(=O)Nc2cccc(CS(=O)(=O)C(C)C)c2)n[nH]1. The number of benzene rings is 1. The molecule has 0 radical (unpaired) electrons. The Balaban J connectivity index is 2.12. The van der Waals surface area contributed by atoms with Crippen molar-refractivity contribution in [1.82, 2.24) is 10.2 Å². The van der Waals surface area contributed by atoms with Gasteiger partial charge < -0.3 is 5.32 Å². The summed E-state index contributed by atoms with van der Waals surface area (Å²) in [6.45, 7) is 7.33. The number of carbonyl (C=O) groups is 1. The molecule has 1 aromatic heterocycles. The van der Waals surface area contributed by atoms with Crippen molar-refractivity contribution in [1.29, 1.82) is 0 Å². The molecule has 1 aromatic carbocycles. The van der Waals surface area contributed by atoms with E-state index in [9.17, 15) is 13.2 Å². The first kappa shape index (κ1) is 18.2. The van der Waals surface area contributed by atoms with Crippen LogP contribution in [-0.2, 0) is 15.6 Å². The minimum Gasteiger partial charge on any atom is -0.321 e. The average molecular weight is 349 g/mol. The summed E-state index contributed by atoms with van der Waals surface area (Å²) in [5.74, 6) is -0.125. The Morgan fingerprint density at radius 3 is 2.50 bits per heavy atom. The van der Waals surface area contributed by atoms with E-state index >= 15 is 0 Å². The molecule has 0 saturated heterocycles. The fourth-order valence-corrected chi connectivity index (χ4v) is 3.06. The van der Waals surface area contributed by atoms with E-state index in [0.29, 0.717) is 16.9 Å². The third-order valence-corrected chi connectivity index (χ3v) is 5.90. The maximum Gasteiger partial charge on any atom is 0.276 e. The summed E-state index contributed by atoms with van der Waals surface area (Å²) in [6, 6.07) is 8.58. The Kier molecular flexibility index (Phi) is 5.43. The highest BCUT2D eigenvalue weighted by Gasteiger charge is 2.17. The van der Waals surface area contributed by atoms with E-state index in [2.05, 4.69) is 15.5 Å². The molecule has 2 N–H and O–H groups in total. The molecule has 0 unspecified atom stereocenters. The minimum absolute atomic E-state index is 0.0473. The lowest BCUT2D eigenvalue weighted by Gasteiger charge is -2.09. The molecule has 0 aliphatic carbocycles. The summed E-state index contributed by atoms with van der Waals surface area (Å²) in [5.41, 5.74) is 2.38. The molecule has 7 heteroatoms. The van der Waals surface area contributed by atoms with Crippen molar-refractivity contribution < 1.29 is 13.2 Å². The lowest BCUT2D eigenvalue weighted by Crippen LogP contribution is -2.16. The van der Waals surface area contributed by atoms with Crippen molar-refractivity contribution in [2.45, 2.75) is 44.6 Å². The fraction of sp³-hybridized carbons (Fsp3) is 0.412. The highest BCUT2D eigenvalue weighted by atomic mass is 32.2. The van der Waals surface area contributed by atoms with E-state index in [-0.39, 0.29) is 17.6 Å². The molecular weight excluding hydrogens is 326 g/mol. The van der Waals surface area contributed by atoms with Crippen molar-refractivity contribution in [2.24, 2.45) is 0 Å². The van der Waals surface area contributed by atoms with Crippen LogP contribution in [0.15, 0.2) is 30.3 Å². The van der Waals surface area contributed by atoms with Crippen molar-refractivity contribution in [3.05, 3.63) is 47.3 Å². The van der Waals surface area contributed by atoms with E-state index in [1.165, 1.54) is 0 Å². The van der Waals surface area contributed by atoms with Gasteiger partial charge >= 0.3 is 0 Å². The molecule has 0 aliphatic heterocycles. The van der Waals surface area contributed by atoms with E-state index in [1.54, 1.807) is 44.2 Å². The minimum atomic E-state index is -3.18. The van der Waals surface area contributed by atoms with E-state index in [0.717, 1.165) is 5.69 Å². The Hall–Kier alpha value is -2.15. The van der Waals surface area contributed by atoms with Crippen LogP contribution >= 0.6 is 0 Å². The molecular formula is C17H23N3O3S. The quantitative estimate of drug-likeness (QED) is 0.838. The summed E-state index contributed by atoms with van der Waals surface area (Å²) in [6.07, 6.45) is 0. The van der Waals surface area contributed by atoms with Gasteiger partial charge in [0.1, 0.15) is 0 Å². The molecule has 130 valence electrons. The van der Waals surface area contributed by atoms with Gasteiger partial charge in [0.15, 0.2) is 15.5 Å². The second-order valence-corrected chi connectivity index (χ2v) is 8.93. The molecule has 0 saturated carbocycles. The second-order valence-electron chi connectivity index (χ2n) is 6.37. The lowest BCUT2D eigenvalue weighted by molar-refractivity contribution is 0.102. The number of rotatable bonds is 6. The highest BCUT2D eigenvalue weighted by molar-refractivity contribution is 7.91. The molecule has 1 heterocycles. The number of aromatic nitrogens is 2. The Morgan fingerprint density at radius 1 is 1.21 bits per heavy atom. The van der Waals surface area contributed by atoms with Crippen molar-refractivity contribution in [2.75, 3.05) is 5.32 Å². The Bertz CT molecular complexity index is 823. The number of nitrogens with one attached hydrogen (secondary N) is 2. The van der Waals surface area contributed by atoms with Crippen molar-refractivity contribution in [3.63, 3.8) is 0 Å². The molecule has 0 spiro atoms. The van der Waals surface area contributed by atoms with Crippen molar-refractivity contribution >= 4 is 21.4 Å². The molecule has 6 nitrogen and oxygen atoms in total. The number of aromatic amines is 1. The van der Waals surface area contributed by atoms with Gasteiger partial charge in [0, 0.05) is 11.4 Å². The van der Waals surface area contributed by atoms with Crippen LogP contribution in [0.25, 0.3) is 0 Å². The lowest BCUT2D eigenvalue weighted by atomic mass is 10.1. The van der Waals surface area contributed by atoms with Gasteiger partial charge in [-0.3, -0.25) is 9.89 Å². The molecule has 0 aliphatic rings. The van der Waals surface area contributed by atoms with Gasteiger partial charge in [-0.25, -0.2) is 8.42 Å².